The standard InChI is InChI=1S/C13H20N2O3S/c14-11-6-2-4-8-13(11)19(17,18)15-12-7-3-1-5-10(12)9-16/h2,4,6,8,10,12,15-16H,1,3,5,7,9,14H2. The van der Waals surface area contributed by atoms with Gasteiger partial charge < -0.3 is 10.8 Å². The van der Waals surface area contributed by atoms with Gasteiger partial charge in [-0.15, -0.1) is 0 Å². The number of benzene rings is 1. The lowest BCUT2D eigenvalue weighted by molar-refractivity contribution is 0.164. The Balaban J connectivity index is 2.19. The minimum atomic E-state index is -3.62. The van der Waals surface area contributed by atoms with Crippen LogP contribution in [0, 0.1) is 5.92 Å². The topological polar surface area (TPSA) is 92.4 Å². The van der Waals surface area contributed by atoms with Crippen molar-refractivity contribution in [2.24, 2.45) is 5.92 Å². The molecule has 0 spiro atoms. The van der Waals surface area contributed by atoms with Gasteiger partial charge in [0.15, 0.2) is 0 Å². The number of nitrogens with one attached hydrogen (secondary N) is 1. The highest BCUT2D eigenvalue weighted by molar-refractivity contribution is 7.89. The van der Waals surface area contributed by atoms with Gasteiger partial charge in [-0.2, -0.15) is 0 Å². The van der Waals surface area contributed by atoms with Gasteiger partial charge in [-0.1, -0.05) is 25.0 Å². The van der Waals surface area contributed by atoms with Crippen LogP contribution >= 0.6 is 0 Å². The molecule has 0 aliphatic heterocycles. The van der Waals surface area contributed by atoms with Crippen LogP contribution < -0.4 is 10.5 Å². The zero-order valence-corrected chi connectivity index (χ0v) is 11.6. The van der Waals surface area contributed by atoms with Crippen molar-refractivity contribution in [1.82, 2.24) is 4.72 Å². The number of anilines is 1. The first-order valence-electron chi connectivity index (χ1n) is 6.52. The molecule has 1 aliphatic rings. The minimum absolute atomic E-state index is 0.00605. The smallest absolute Gasteiger partial charge is 0.242 e. The third-order valence-electron chi connectivity index (χ3n) is 3.66. The summed E-state index contributed by atoms with van der Waals surface area (Å²) in [7, 11) is -3.62. The van der Waals surface area contributed by atoms with Crippen molar-refractivity contribution in [1.29, 1.82) is 0 Å². The first-order chi connectivity index (χ1) is 9.04. The van der Waals surface area contributed by atoms with Gasteiger partial charge in [-0.25, -0.2) is 13.1 Å². The van der Waals surface area contributed by atoms with Gasteiger partial charge in [-0.05, 0) is 30.9 Å². The molecule has 0 amide bonds. The van der Waals surface area contributed by atoms with Crippen LogP contribution in [0.25, 0.3) is 0 Å². The number of sulfonamides is 1. The lowest BCUT2D eigenvalue weighted by atomic mass is 9.86. The van der Waals surface area contributed by atoms with Crippen molar-refractivity contribution < 1.29 is 13.5 Å². The summed E-state index contributed by atoms with van der Waals surface area (Å²) in [5.41, 5.74) is 5.95. The number of nitrogen functional groups attached to an aromatic ring is 1. The summed E-state index contributed by atoms with van der Waals surface area (Å²) < 4.78 is 27.3. The summed E-state index contributed by atoms with van der Waals surface area (Å²) in [6, 6.07) is 6.21. The largest absolute Gasteiger partial charge is 0.398 e. The van der Waals surface area contributed by atoms with Crippen molar-refractivity contribution in [2.75, 3.05) is 12.3 Å². The number of para-hydroxylation sites is 1. The summed E-state index contributed by atoms with van der Waals surface area (Å²) in [5.74, 6) is -0.00605. The quantitative estimate of drug-likeness (QED) is 0.722. The maximum absolute atomic E-state index is 12.3. The monoisotopic (exact) mass is 284 g/mol. The van der Waals surface area contributed by atoms with Crippen LogP contribution in [-0.2, 0) is 10.0 Å². The van der Waals surface area contributed by atoms with Gasteiger partial charge in [0.25, 0.3) is 0 Å². The fraction of sp³-hybridized carbons (Fsp3) is 0.538. The number of aliphatic hydroxyl groups excluding tert-OH is 1. The third kappa shape index (κ3) is 3.26. The average molecular weight is 284 g/mol. The Morgan fingerprint density at radius 3 is 2.63 bits per heavy atom. The van der Waals surface area contributed by atoms with Crippen LogP contribution in [0.15, 0.2) is 29.2 Å². The minimum Gasteiger partial charge on any atom is -0.398 e. The van der Waals surface area contributed by atoms with Crippen LogP contribution in [-0.4, -0.2) is 26.2 Å². The Labute approximate surface area is 113 Å². The van der Waals surface area contributed by atoms with E-state index in [1.165, 1.54) is 6.07 Å². The molecule has 5 nitrogen and oxygen atoms in total. The Hall–Kier alpha value is -1.11. The number of aliphatic hydroxyl groups is 1. The summed E-state index contributed by atoms with van der Waals surface area (Å²) in [4.78, 5) is 0.109. The van der Waals surface area contributed by atoms with Crippen molar-refractivity contribution >= 4 is 15.7 Å². The second kappa shape index (κ2) is 5.90. The summed E-state index contributed by atoms with van der Waals surface area (Å²) >= 11 is 0. The third-order valence-corrected chi connectivity index (χ3v) is 5.22. The predicted molar refractivity (Wildman–Crippen MR) is 74.0 cm³/mol. The fourth-order valence-corrected chi connectivity index (χ4v) is 4.04. The molecule has 0 radical (unpaired) electrons. The van der Waals surface area contributed by atoms with Crippen molar-refractivity contribution in [2.45, 2.75) is 36.6 Å². The highest BCUT2D eigenvalue weighted by atomic mass is 32.2. The second-order valence-electron chi connectivity index (χ2n) is 4.99. The number of nitrogens with two attached hydrogens (primary N) is 1. The van der Waals surface area contributed by atoms with E-state index in [1.807, 2.05) is 0 Å². The van der Waals surface area contributed by atoms with E-state index in [2.05, 4.69) is 4.72 Å². The van der Waals surface area contributed by atoms with Gasteiger partial charge in [0.2, 0.25) is 10.0 Å². The molecular formula is C13H20N2O3S. The fourth-order valence-electron chi connectivity index (χ4n) is 2.57. The normalized spacial score (nSPS) is 24.3. The molecule has 1 saturated carbocycles. The highest BCUT2D eigenvalue weighted by Gasteiger charge is 2.29. The SMILES string of the molecule is Nc1ccccc1S(=O)(=O)NC1CCCCC1CO. The average Bonchev–Trinajstić information content (AvgIpc) is 2.39. The van der Waals surface area contributed by atoms with Crippen LogP contribution in [0.3, 0.4) is 0 Å². The molecule has 6 heteroatoms. The Bertz CT molecular complexity index is 530. The first kappa shape index (κ1) is 14.3. The van der Waals surface area contributed by atoms with Gasteiger partial charge in [0, 0.05) is 12.6 Å². The number of rotatable bonds is 4. The van der Waals surface area contributed by atoms with Crippen LogP contribution in [0.4, 0.5) is 5.69 Å². The maximum Gasteiger partial charge on any atom is 0.242 e. The van der Waals surface area contributed by atoms with E-state index in [-0.39, 0.29) is 29.1 Å². The Morgan fingerprint density at radius 1 is 1.26 bits per heavy atom. The van der Waals surface area contributed by atoms with E-state index in [4.69, 9.17) is 5.73 Å². The van der Waals surface area contributed by atoms with Gasteiger partial charge in [0.05, 0.1) is 5.69 Å². The maximum atomic E-state index is 12.3. The molecule has 2 rings (SSSR count). The van der Waals surface area contributed by atoms with Crippen molar-refractivity contribution in [3.05, 3.63) is 24.3 Å². The molecule has 1 aromatic rings. The molecule has 106 valence electrons. The first-order valence-corrected chi connectivity index (χ1v) is 8.00. The van der Waals surface area contributed by atoms with E-state index in [9.17, 15) is 13.5 Å². The molecule has 0 heterocycles. The zero-order valence-electron chi connectivity index (χ0n) is 10.7. The van der Waals surface area contributed by atoms with Crippen LogP contribution in [0.5, 0.6) is 0 Å². The molecule has 1 aliphatic carbocycles. The zero-order chi connectivity index (χ0) is 13.9. The number of hydrogen-bond donors (Lipinski definition) is 3. The molecule has 19 heavy (non-hydrogen) atoms. The highest BCUT2D eigenvalue weighted by Crippen LogP contribution is 2.26. The molecule has 0 bridgehead atoms. The predicted octanol–water partition coefficient (Wildman–Crippen LogP) is 1.10. The number of hydrogen-bond acceptors (Lipinski definition) is 4. The van der Waals surface area contributed by atoms with Gasteiger partial charge >= 0.3 is 0 Å². The summed E-state index contributed by atoms with van der Waals surface area (Å²) in [6.45, 7) is 0.0114. The van der Waals surface area contributed by atoms with Gasteiger partial charge in [0.1, 0.15) is 4.90 Å². The van der Waals surface area contributed by atoms with Crippen molar-refractivity contribution in [3.8, 4) is 0 Å². The van der Waals surface area contributed by atoms with Crippen LogP contribution in [0.2, 0.25) is 0 Å². The lowest BCUT2D eigenvalue weighted by Crippen LogP contribution is -2.43. The summed E-state index contributed by atoms with van der Waals surface area (Å²) in [6.07, 6.45) is 3.63. The molecule has 0 aromatic heterocycles. The van der Waals surface area contributed by atoms with Crippen LogP contribution in [0.1, 0.15) is 25.7 Å². The van der Waals surface area contributed by atoms with E-state index in [0.717, 1.165) is 25.7 Å². The van der Waals surface area contributed by atoms with Crippen molar-refractivity contribution in [3.63, 3.8) is 0 Å². The van der Waals surface area contributed by atoms with Gasteiger partial charge in [-0.3, -0.25) is 0 Å². The molecule has 1 aromatic carbocycles. The lowest BCUT2D eigenvalue weighted by Gasteiger charge is -2.30. The summed E-state index contributed by atoms with van der Waals surface area (Å²) in [5, 5.41) is 9.32. The second-order valence-corrected chi connectivity index (χ2v) is 6.68. The molecular weight excluding hydrogens is 264 g/mol. The Kier molecular flexibility index (Phi) is 4.44. The van der Waals surface area contributed by atoms with E-state index in [0.29, 0.717) is 0 Å². The molecule has 1 fully saturated rings. The van der Waals surface area contributed by atoms with E-state index in [1.54, 1.807) is 18.2 Å². The van der Waals surface area contributed by atoms with E-state index >= 15 is 0 Å². The molecule has 0 saturated heterocycles. The van der Waals surface area contributed by atoms with E-state index < -0.39 is 10.0 Å². The Morgan fingerprint density at radius 2 is 1.95 bits per heavy atom. The molecule has 2 atom stereocenters. The molecule has 4 N–H and O–H groups in total. The molecule has 2 unspecified atom stereocenters.